The van der Waals surface area contributed by atoms with Crippen LogP contribution in [0.4, 0.5) is 18.9 Å². The van der Waals surface area contributed by atoms with E-state index in [-0.39, 0.29) is 23.1 Å². The third-order valence-electron chi connectivity index (χ3n) is 5.29. The molecule has 0 spiro atoms. The predicted molar refractivity (Wildman–Crippen MR) is 105 cm³/mol. The molecule has 4 rings (SSSR count). The molecule has 0 atom stereocenters. The van der Waals surface area contributed by atoms with Gasteiger partial charge in [0.1, 0.15) is 5.52 Å². The lowest BCUT2D eigenvalue weighted by Crippen LogP contribution is -2.36. The van der Waals surface area contributed by atoms with Gasteiger partial charge >= 0.3 is 12.1 Å². The van der Waals surface area contributed by atoms with Crippen LogP contribution in [0.3, 0.4) is 0 Å². The van der Waals surface area contributed by atoms with Gasteiger partial charge in [0.25, 0.3) is 0 Å². The summed E-state index contributed by atoms with van der Waals surface area (Å²) in [5.74, 6) is -2.42. The number of nitrogens with zero attached hydrogens (tertiary/aromatic N) is 3. The van der Waals surface area contributed by atoms with E-state index in [0.29, 0.717) is 37.6 Å². The Kier molecular flexibility index (Phi) is 5.15. The topological polar surface area (TPSA) is 67.6 Å². The van der Waals surface area contributed by atoms with Gasteiger partial charge in [0.2, 0.25) is 5.82 Å². The number of hydrogen-bond acceptors (Lipinski definition) is 4. The molecule has 1 fully saturated rings. The molecule has 2 heterocycles. The summed E-state index contributed by atoms with van der Waals surface area (Å²) in [5, 5.41) is 9.67. The molecule has 30 heavy (non-hydrogen) atoms. The van der Waals surface area contributed by atoms with Crippen LogP contribution in [0.1, 0.15) is 27.3 Å². The maximum Gasteiger partial charge on any atom is 0.449 e. The van der Waals surface area contributed by atoms with Gasteiger partial charge in [-0.1, -0.05) is 24.3 Å². The normalized spacial score (nSPS) is 15.0. The summed E-state index contributed by atoms with van der Waals surface area (Å²) < 4.78 is 47.9. The second kappa shape index (κ2) is 7.64. The molecule has 1 aromatic heterocycles. The molecule has 0 aliphatic carbocycles. The molecule has 3 aromatic rings. The number of alkyl halides is 3. The number of benzene rings is 2. The Morgan fingerprint density at radius 2 is 1.90 bits per heavy atom. The van der Waals surface area contributed by atoms with Crippen molar-refractivity contribution in [2.45, 2.75) is 19.6 Å². The van der Waals surface area contributed by atoms with Gasteiger partial charge in [0, 0.05) is 25.3 Å². The Hall–Kier alpha value is -3.07. The van der Waals surface area contributed by atoms with Crippen LogP contribution in [0.15, 0.2) is 36.4 Å². The quantitative estimate of drug-likeness (QED) is 0.694. The number of carboxylic acid groups (broad SMARTS) is 1. The minimum absolute atomic E-state index is 0.0658. The first-order chi connectivity index (χ1) is 14.3. The Morgan fingerprint density at radius 3 is 2.53 bits per heavy atom. The number of aryl methyl sites for hydroxylation is 1. The van der Waals surface area contributed by atoms with E-state index in [9.17, 15) is 23.1 Å². The molecule has 1 aliphatic heterocycles. The number of carboxylic acids is 1. The summed E-state index contributed by atoms with van der Waals surface area (Å²) in [6, 6.07) is 10.1. The van der Waals surface area contributed by atoms with Gasteiger partial charge in [-0.3, -0.25) is 0 Å². The SMILES string of the molecule is Cc1ccccc1Cn1c(C(F)(F)F)nc2c(C(=O)O)cc(N3CCOCC3)cc21. The fourth-order valence-electron chi connectivity index (χ4n) is 3.71. The molecule has 0 unspecified atom stereocenters. The molecule has 1 N–H and O–H groups in total. The molecular formula is C21H20F3N3O3. The van der Waals surface area contributed by atoms with Crippen LogP contribution in [-0.4, -0.2) is 46.9 Å². The van der Waals surface area contributed by atoms with Crippen molar-refractivity contribution in [1.82, 2.24) is 9.55 Å². The van der Waals surface area contributed by atoms with E-state index in [1.807, 2.05) is 24.0 Å². The highest BCUT2D eigenvalue weighted by atomic mass is 19.4. The number of aromatic carboxylic acids is 1. The van der Waals surface area contributed by atoms with Crippen LogP contribution in [0, 0.1) is 6.92 Å². The first-order valence-corrected chi connectivity index (χ1v) is 9.47. The van der Waals surface area contributed by atoms with Gasteiger partial charge in [0.05, 0.1) is 24.3 Å². The number of hydrogen-bond donors (Lipinski definition) is 1. The van der Waals surface area contributed by atoms with Crippen molar-refractivity contribution >= 4 is 22.7 Å². The largest absolute Gasteiger partial charge is 0.478 e. The molecule has 158 valence electrons. The Labute approximate surface area is 170 Å². The second-order valence-electron chi connectivity index (χ2n) is 7.21. The van der Waals surface area contributed by atoms with Crippen molar-refractivity contribution in [3.05, 3.63) is 58.9 Å². The third-order valence-corrected chi connectivity index (χ3v) is 5.29. The van der Waals surface area contributed by atoms with Crippen molar-refractivity contribution in [2.75, 3.05) is 31.2 Å². The van der Waals surface area contributed by atoms with E-state index >= 15 is 0 Å². The molecule has 0 radical (unpaired) electrons. The van der Waals surface area contributed by atoms with Gasteiger partial charge in [-0.2, -0.15) is 13.2 Å². The maximum atomic E-state index is 13.8. The van der Waals surface area contributed by atoms with Gasteiger partial charge in [-0.25, -0.2) is 9.78 Å². The van der Waals surface area contributed by atoms with E-state index in [4.69, 9.17) is 4.74 Å². The number of rotatable bonds is 4. The third kappa shape index (κ3) is 3.72. The maximum absolute atomic E-state index is 13.8. The number of anilines is 1. The number of carbonyl (C=O) groups is 1. The second-order valence-corrected chi connectivity index (χ2v) is 7.21. The monoisotopic (exact) mass is 419 g/mol. The smallest absolute Gasteiger partial charge is 0.449 e. The van der Waals surface area contributed by atoms with Crippen LogP contribution in [-0.2, 0) is 17.5 Å². The lowest BCUT2D eigenvalue weighted by atomic mass is 10.1. The highest BCUT2D eigenvalue weighted by Crippen LogP contribution is 2.35. The van der Waals surface area contributed by atoms with Crippen LogP contribution in [0.2, 0.25) is 0 Å². The number of halogens is 3. The highest BCUT2D eigenvalue weighted by molar-refractivity contribution is 6.03. The molecule has 0 bridgehead atoms. The zero-order chi connectivity index (χ0) is 21.5. The molecule has 1 aliphatic rings. The summed E-state index contributed by atoms with van der Waals surface area (Å²) in [6.45, 7) is 3.76. The van der Waals surface area contributed by atoms with Crippen molar-refractivity contribution in [1.29, 1.82) is 0 Å². The Morgan fingerprint density at radius 1 is 1.20 bits per heavy atom. The van der Waals surface area contributed by atoms with Crippen LogP contribution in [0.25, 0.3) is 11.0 Å². The molecule has 0 amide bonds. The van der Waals surface area contributed by atoms with E-state index in [1.165, 1.54) is 6.07 Å². The standard InChI is InChI=1S/C21H20F3N3O3/c1-13-4-2-3-5-14(13)12-27-17-11-15(26-6-8-30-9-7-26)10-16(19(28)29)18(17)25-20(27)21(22,23)24/h2-5,10-11H,6-9,12H2,1H3,(H,28,29). The van der Waals surface area contributed by atoms with Gasteiger partial charge < -0.3 is 19.3 Å². The zero-order valence-corrected chi connectivity index (χ0v) is 16.2. The summed E-state index contributed by atoms with van der Waals surface area (Å²) in [4.78, 5) is 17.5. The Bertz CT molecular complexity index is 1100. The lowest BCUT2D eigenvalue weighted by Gasteiger charge is -2.29. The fourth-order valence-corrected chi connectivity index (χ4v) is 3.71. The van der Waals surface area contributed by atoms with Crippen molar-refractivity contribution in [3.63, 3.8) is 0 Å². The van der Waals surface area contributed by atoms with Crippen molar-refractivity contribution < 1.29 is 27.8 Å². The summed E-state index contributed by atoms with van der Waals surface area (Å²) in [7, 11) is 0. The number of ether oxygens (including phenoxy) is 1. The van der Waals surface area contributed by atoms with E-state index < -0.39 is 18.0 Å². The first-order valence-electron chi connectivity index (χ1n) is 9.47. The zero-order valence-electron chi connectivity index (χ0n) is 16.2. The molecule has 2 aromatic carbocycles. The van der Waals surface area contributed by atoms with Crippen LogP contribution < -0.4 is 4.90 Å². The van der Waals surface area contributed by atoms with Crippen molar-refractivity contribution in [3.8, 4) is 0 Å². The molecule has 9 heteroatoms. The van der Waals surface area contributed by atoms with E-state index in [1.54, 1.807) is 18.2 Å². The van der Waals surface area contributed by atoms with Gasteiger partial charge in [-0.15, -0.1) is 0 Å². The Balaban J connectivity index is 1.95. The molecule has 1 saturated heterocycles. The number of aromatic nitrogens is 2. The minimum Gasteiger partial charge on any atom is -0.478 e. The van der Waals surface area contributed by atoms with Crippen molar-refractivity contribution in [2.24, 2.45) is 0 Å². The number of fused-ring (bicyclic) bond motifs is 1. The van der Waals surface area contributed by atoms with E-state index in [0.717, 1.165) is 10.1 Å². The molecule has 0 saturated carbocycles. The average molecular weight is 419 g/mol. The lowest BCUT2D eigenvalue weighted by molar-refractivity contribution is -0.146. The molecular weight excluding hydrogens is 399 g/mol. The summed E-state index contributed by atoms with van der Waals surface area (Å²) >= 11 is 0. The fraction of sp³-hybridized carbons (Fsp3) is 0.333. The van der Waals surface area contributed by atoms with Gasteiger partial charge in [0.15, 0.2) is 0 Å². The van der Waals surface area contributed by atoms with Crippen LogP contribution in [0.5, 0.6) is 0 Å². The summed E-state index contributed by atoms with van der Waals surface area (Å²) in [5.41, 5.74) is 1.82. The molecule has 6 nitrogen and oxygen atoms in total. The van der Waals surface area contributed by atoms with Crippen LogP contribution >= 0.6 is 0 Å². The van der Waals surface area contributed by atoms with Gasteiger partial charge in [-0.05, 0) is 30.2 Å². The van der Waals surface area contributed by atoms with E-state index in [2.05, 4.69) is 4.98 Å². The minimum atomic E-state index is -4.73. The predicted octanol–water partition coefficient (Wildman–Crippen LogP) is 3.95. The average Bonchev–Trinajstić information content (AvgIpc) is 3.08. The number of imidazole rings is 1. The highest BCUT2D eigenvalue weighted by Gasteiger charge is 2.38. The number of morpholine rings is 1. The summed E-state index contributed by atoms with van der Waals surface area (Å²) in [6.07, 6.45) is -4.73. The first kappa shape index (κ1) is 20.2.